The Hall–Kier alpha value is -0.650. The molecule has 0 atom stereocenters. The number of hydrogen-bond acceptors (Lipinski definition) is 3. The van der Waals surface area contributed by atoms with E-state index in [-0.39, 0.29) is 34.5 Å². The quantitative estimate of drug-likeness (QED) is 0.162. The zero-order valence-corrected chi connectivity index (χ0v) is 24.4. The van der Waals surface area contributed by atoms with E-state index in [9.17, 15) is 13.0 Å². The van der Waals surface area contributed by atoms with E-state index in [0.29, 0.717) is 12.0 Å². The number of aryl methyl sites for hydroxylation is 1. The Morgan fingerprint density at radius 2 is 1.15 bits per heavy atom. The van der Waals surface area contributed by atoms with E-state index in [1.807, 2.05) is 36.4 Å². The van der Waals surface area contributed by atoms with Crippen molar-refractivity contribution in [2.24, 2.45) is 0 Å². The molecule has 0 aromatic heterocycles. The maximum Gasteiger partial charge on any atom is 1.00 e. The third-order valence-electron chi connectivity index (χ3n) is 6.52. The summed E-state index contributed by atoms with van der Waals surface area (Å²) in [5.41, 5.74) is 2.69. The van der Waals surface area contributed by atoms with Crippen LogP contribution in [-0.4, -0.2) is 13.0 Å². The topological polar surface area (TPSA) is 57.2 Å². The van der Waals surface area contributed by atoms with Crippen LogP contribution in [0.15, 0.2) is 53.4 Å². The Bertz CT molecular complexity index is 882. The molecule has 0 bridgehead atoms. The summed E-state index contributed by atoms with van der Waals surface area (Å²) < 4.78 is 35.5. The number of unbranched alkanes of at least 4 members (excludes halogenated alkanes) is 13. The van der Waals surface area contributed by atoms with Gasteiger partial charge in [0.15, 0.2) is 0 Å². The summed E-state index contributed by atoms with van der Waals surface area (Å²) in [6, 6.07) is 14.9. The van der Waals surface area contributed by atoms with Gasteiger partial charge in [0.25, 0.3) is 0 Å². The molecule has 0 radical (unpaired) electrons. The number of rotatable bonds is 18. The standard InChI is InChI=1S/C29H44O3S.Na/c1-2-3-4-5-6-7-8-9-10-11-12-13-14-18-22-27-23-19-24-29(33(30,31)32)28(27)25-26-20-16-15-17-21-26;/h15-17,19-21,23-24H,2-14,18,22,25H2,1H3,(H,30,31,32);/q;+1/p-1. The summed E-state index contributed by atoms with van der Waals surface area (Å²) in [6.45, 7) is 2.27. The molecule has 0 heterocycles. The van der Waals surface area contributed by atoms with Crippen LogP contribution in [0.2, 0.25) is 0 Å². The molecule has 0 aliphatic carbocycles. The first-order valence-corrected chi connectivity index (χ1v) is 14.5. The Kier molecular flexibility index (Phi) is 17.2. The molecule has 0 fully saturated rings. The second-order valence-corrected chi connectivity index (χ2v) is 10.7. The molecule has 0 saturated heterocycles. The Labute approximate surface area is 231 Å². The SMILES string of the molecule is CCCCCCCCCCCCCCCCc1cccc(S(=O)(=O)[O-])c1Cc1ccccc1.[Na+]. The molecular weight excluding hydrogens is 451 g/mol. The van der Waals surface area contributed by atoms with Gasteiger partial charge in [-0.1, -0.05) is 133 Å². The first-order chi connectivity index (χ1) is 16.0. The van der Waals surface area contributed by atoms with Crippen LogP contribution < -0.4 is 29.6 Å². The van der Waals surface area contributed by atoms with Gasteiger partial charge in [0, 0.05) is 0 Å². The summed E-state index contributed by atoms with van der Waals surface area (Å²) in [5.74, 6) is 0. The monoisotopic (exact) mass is 494 g/mol. The predicted octanol–water partition coefficient (Wildman–Crippen LogP) is 5.21. The van der Waals surface area contributed by atoms with E-state index in [1.165, 1.54) is 83.1 Å². The van der Waals surface area contributed by atoms with Crippen molar-refractivity contribution in [1.82, 2.24) is 0 Å². The van der Waals surface area contributed by atoms with Gasteiger partial charge in [0.05, 0.1) is 4.90 Å². The Balaban J connectivity index is 0.00000578. The molecule has 0 spiro atoms. The minimum Gasteiger partial charge on any atom is -0.744 e. The molecule has 0 N–H and O–H groups in total. The van der Waals surface area contributed by atoms with Gasteiger partial charge in [-0.3, -0.25) is 0 Å². The van der Waals surface area contributed by atoms with Crippen LogP contribution in [-0.2, 0) is 23.0 Å². The molecule has 0 aliphatic heterocycles. The molecule has 0 unspecified atom stereocenters. The van der Waals surface area contributed by atoms with Crippen molar-refractivity contribution in [1.29, 1.82) is 0 Å². The van der Waals surface area contributed by atoms with Gasteiger partial charge in [0.1, 0.15) is 10.1 Å². The normalized spacial score (nSPS) is 11.4. The van der Waals surface area contributed by atoms with E-state index in [1.54, 1.807) is 6.07 Å². The van der Waals surface area contributed by atoms with Gasteiger partial charge in [0.2, 0.25) is 0 Å². The largest absolute Gasteiger partial charge is 1.00 e. The van der Waals surface area contributed by atoms with E-state index < -0.39 is 10.1 Å². The van der Waals surface area contributed by atoms with Crippen LogP contribution in [0, 0.1) is 0 Å². The minimum absolute atomic E-state index is 0. The average Bonchev–Trinajstić information content (AvgIpc) is 2.80. The van der Waals surface area contributed by atoms with Crippen LogP contribution in [0.25, 0.3) is 0 Å². The summed E-state index contributed by atoms with van der Waals surface area (Å²) in [5, 5.41) is 0. The number of benzene rings is 2. The van der Waals surface area contributed by atoms with Crippen molar-refractivity contribution in [3.05, 3.63) is 65.2 Å². The van der Waals surface area contributed by atoms with Crippen molar-refractivity contribution in [3.63, 3.8) is 0 Å². The molecule has 0 amide bonds. The molecule has 3 nitrogen and oxygen atoms in total. The van der Waals surface area contributed by atoms with Crippen molar-refractivity contribution in [3.8, 4) is 0 Å². The molecule has 184 valence electrons. The van der Waals surface area contributed by atoms with Crippen molar-refractivity contribution < 1.29 is 42.5 Å². The molecule has 2 rings (SSSR count). The minimum atomic E-state index is -4.48. The summed E-state index contributed by atoms with van der Waals surface area (Å²) in [6.07, 6.45) is 19.7. The third kappa shape index (κ3) is 12.9. The number of hydrogen-bond donors (Lipinski definition) is 0. The fourth-order valence-corrected chi connectivity index (χ4v) is 5.34. The van der Waals surface area contributed by atoms with E-state index in [4.69, 9.17) is 0 Å². The zero-order chi connectivity index (χ0) is 23.8. The van der Waals surface area contributed by atoms with Gasteiger partial charge < -0.3 is 4.55 Å². The van der Waals surface area contributed by atoms with Crippen LogP contribution in [0.5, 0.6) is 0 Å². The summed E-state index contributed by atoms with van der Waals surface area (Å²) in [7, 11) is -4.48. The van der Waals surface area contributed by atoms with E-state index in [2.05, 4.69) is 6.92 Å². The van der Waals surface area contributed by atoms with Gasteiger partial charge in [-0.2, -0.15) is 0 Å². The average molecular weight is 495 g/mol. The smallest absolute Gasteiger partial charge is 0.744 e. The van der Waals surface area contributed by atoms with Gasteiger partial charge >= 0.3 is 29.6 Å². The molecule has 2 aromatic rings. The first-order valence-electron chi connectivity index (χ1n) is 13.1. The molecule has 0 saturated carbocycles. The third-order valence-corrected chi connectivity index (χ3v) is 7.44. The summed E-state index contributed by atoms with van der Waals surface area (Å²) >= 11 is 0. The Morgan fingerprint density at radius 3 is 1.65 bits per heavy atom. The summed E-state index contributed by atoms with van der Waals surface area (Å²) in [4.78, 5) is -0.0609. The molecule has 34 heavy (non-hydrogen) atoms. The second-order valence-electron chi connectivity index (χ2n) is 9.36. The molecule has 2 aromatic carbocycles. The first kappa shape index (κ1) is 31.4. The molecular formula is C29H43NaO3S. The predicted molar refractivity (Wildman–Crippen MR) is 138 cm³/mol. The molecule has 0 aliphatic rings. The van der Waals surface area contributed by atoms with Gasteiger partial charge in [-0.05, 0) is 42.0 Å². The van der Waals surface area contributed by atoms with Crippen LogP contribution >= 0.6 is 0 Å². The maximum atomic E-state index is 11.8. The fourth-order valence-electron chi connectivity index (χ4n) is 4.59. The van der Waals surface area contributed by atoms with Crippen molar-refractivity contribution >= 4 is 10.1 Å². The van der Waals surface area contributed by atoms with E-state index in [0.717, 1.165) is 30.4 Å². The van der Waals surface area contributed by atoms with E-state index >= 15 is 0 Å². The fraction of sp³-hybridized carbons (Fsp3) is 0.586. The second kappa shape index (κ2) is 18.6. The van der Waals surface area contributed by atoms with Crippen LogP contribution in [0.1, 0.15) is 114 Å². The van der Waals surface area contributed by atoms with Crippen molar-refractivity contribution in [2.45, 2.75) is 115 Å². The van der Waals surface area contributed by atoms with Crippen molar-refractivity contribution in [2.75, 3.05) is 0 Å². The van der Waals surface area contributed by atoms with Gasteiger partial charge in [-0.25, -0.2) is 8.42 Å². The van der Waals surface area contributed by atoms with Crippen LogP contribution in [0.3, 0.4) is 0 Å². The Morgan fingerprint density at radius 1 is 0.647 bits per heavy atom. The maximum absolute atomic E-state index is 11.8. The van der Waals surface area contributed by atoms with Crippen LogP contribution in [0.4, 0.5) is 0 Å². The van der Waals surface area contributed by atoms with Gasteiger partial charge in [-0.15, -0.1) is 0 Å². The zero-order valence-electron chi connectivity index (χ0n) is 21.6. The molecule has 5 heteroatoms.